The molecule has 0 atom stereocenters. The average molecular weight is 362 g/mol. The first-order valence-corrected chi connectivity index (χ1v) is 9.17. The molecule has 0 unspecified atom stereocenters. The van der Waals surface area contributed by atoms with Crippen LogP contribution in [0.2, 0.25) is 0 Å². The molecule has 3 heterocycles. The number of hydrogen-bond donors (Lipinski definition) is 2. The molecule has 0 amide bonds. The minimum atomic E-state index is 0.764. The monoisotopic (exact) mass is 362 g/mol. The Labute approximate surface area is 156 Å². The highest BCUT2D eigenvalue weighted by atomic mass is 16.5. The zero-order valence-electron chi connectivity index (χ0n) is 15.5. The maximum Gasteiger partial charge on any atom is 0.159 e. The van der Waals surface area contributed by atoms with Crippen molar-refractivity contribution in [1.29, 1.82) is 0 Å². The summed E-state index contributed by atoms with van der Waals surface area (Å²) in [4.78, 5) is 13.0. The van der Waals surface area contributed by atoms with Crippen molar-refractivity contribution in [2.24, 2.45) is 0 Å². The van der Waals surface area contributed by atoms with Crippen LogP contribution in [0.25, 0.3) is 33.5 Å². The van der Waals surface area contributed by atoms with Crippen LogP contribution < -0.4 is 9.64 Å². The maximum atomic E-state index is 5.35. The molecule has 1 aliphatic heterocycles. The number of nitrogens with zero attached hydrogens (tertiary/aromatic N) is 4. The molecule has 138 valence electrons. The number of ether oxygens (including phenoxy) is 1. The number of aromatic nitrogens is 4. The van der Waals surface area contributed by atoms with E-state index in [1.54, 1.807) is 7.11 Å². The van der Waals surface area contributed by atoms with E-state index in [2.05, 4.69) is 50.2 Å². The molecule has 7 nitrogen and oxygen atoms in total. The Morgan fingerprint density at radius 1 is 1.00 bits per heavy atom. The first-order chi connectivity index (χ1) is 13.2. The lowest BCUT2D eigenvalue weighted by Crippen LogP contribution is -2.44. The number of benzene rings is 2. The summed E-state index contributed by atoms with van der Waals surface area (Å²) in [5.74, 6) is 1.57. The Kier molecular flexibility index (Phi) is 3.75. The lowest BCUT2D eigenvalue weighted by Gasteiger charge is -2.34. The topological polar surface area (TPSA) is 73.1 Å². The van der Waals surface area contributed by atoms with Crippen molar-refractivity contribution < 1.29 is 4.74 Å². The van der Waals surface area contributed by atoms with Gasteiger partial charge < -0.3 is 19.5 Å². The Morgan fingerprint density at radius 3 is 2.67 bits per heavy atom. The number of piperazine rings is 1. The summed E-state index contributed by atoms with van der Waals surface area (Å²) >= 11 is 0. The Bertz CT molecular complexity index is 1110. The van der Waals surface area contributed by atoms with Crippen molar-refractivity contribution in [3.8, 4) is 17.3 Å². The summed E-state index contributed by atoms with van der Waals surface area (Å²) in [5.41, 5.74) is 4.98. The molecule has 7 heteroatoms. The van der Waals surface area contributed by atoms with Crippen molar-refractivity contribution in [3.05, 3.63) is 36.4 Å². The largest absolute Gasteiger partial charge is 0.497 e. The van der Waals surface area contributed by atoms with E-state index in [9.17, 15) is 0 Å². The van der Waals surface area contributed by atoms with E-state index in [1.807, 2.05) is 18.2 Å². The van der Waals surface area contributed by atoms with E-state index in [0.29, 0.717) is 0 Å². The van der Waals surface area contributed by atoms with E-state index in [-0.39, 0.29) is 0 Å². The SMILES string of the molecule is COc1ccc2[nH]nc(-c3nc4ccc(N5CCN(C)CC5)cc4[nH]3)c2c1. The molecule has 2 aromatic heterocycles. The van der Waals surface area contributed by atoms with Gasteiger partial charge in [0.2, 0.25) is 0 Å². The number of likely N-dealkylation sites (N-methyl/N-ethyl adjacent to an activating group) is 1. The summed E-state index contributed by atoms with van der Waals surface area (Å²) < 4.78 is 5.35. The summed E-state index contributed by atoms with van der Waals surface area (Å²) in [6.45, 7) is 4.28. The van der Waals surface area contributed by atoms with Crippen LogP contribution in [0.15, 0.2) is 36.4 Å². The normalized spacial score (nSPS) is 15.7. The third-order valence-corrected chi connectivity index (χ3v) is 5.33. The van der Waals surface area contributed by atoms with Crippen LogP contribution in [-0.4, -0.2) is 65.4 Å². The molecule has 0 radical (unpaired) electrons. The van der Waals surface area contributed by atoms with Crippen LogP contribution in [-0.2, 0) is 0 Å². The number of imidazole rings is 1. The van der Waals surface area contributed by atoms with Crippen molar-refractivity contribution in [2.45, 2.75) is 0 Å². The first-order valence-electron chi connectivity index (χ1n) is 9.17. The molecule has 0 saturated carbocycles. The summed E-state index contributed by atoms with van der Waals surface area (Å²) in [6.07, 6.45) is 0. The number of fused-ring (bicyclic) bond motifs is 2. The van der Waals surface area contributed by atoms with Gasteiger partial charge in [0.05, 0.1) is 23.7 Å². The zero-order valence-corrected chi connectivity index (χ0v) is 15.5. The van der Waals surface area contributed by atoms with Gasteiger partial charge in [-0.15, -0.1) is 0 Å². The van der Waals surface area contributed by atoms with Gasteiger partial charge in [0, 0.05) is 37.3 Å². The molecule has 2 N–H and O–H groups in total. The second-order valence-electron chi connectivity index (χ2n) is 7.06. The smallest absolute Gasteiger partial charge is 0.159 e. The number of anilines is 1. The second-order valence-corrected chi connectivity index (χ2v) is 7.06. The van der Waals surface area contributed by atoms with Crippen molar-refractivity contribution in [1.82, 2.24) is 25.1 Å². The number of aromatic amines is 2. The summed E-state index contributed by atoms with van der Waals surface area (Å²) in [7, 11) is 3.84. The molecule has 1 fully saturated rings. The quantitative estimate of drug-likeness (QED) is 0.586. The minimum Gasteiger partial charge on any atom is -0.497 e. The number of hydrogen-bond acceptors (Lipinski definition) is 5. The highest BCUT2D eigenvalue weighted by Crippen LogP contribution is 2.30. The fourth-order valence-electron chi connectivity index (χ4n) is 3.67. The Balaban J connectivity index is 1.53. The van der Waals surface area contributed by atoms with Gasteiger partial charge in [-0.3, -0.25) is 5.10 Å². The lowest BCUT2D eigenvalue weighted by molar-refractivity contribution is 0.313. The Morgan fingerprint density at radius 2 is 1.85 bits per heavy atom. The Hall–Kier alpha value is -3.06. The van der Waals surface area contributed by atoms with Gasteiger partial charge in [0.15, 0.2) is 5.82 Å². The molecule has 2 aromatic carbocycles. The zero-order chi connectivity index (χ0) is 18.4. The maximum absolute atomic E-state index is 5.35. The van der Waals surface area contributed by atoms with Crippen LogP contribution in [0, 0.1) is 0 Å². The molecule has 1 saturated heterocycles. The van der Waals surface area contributed by atoms with Gasteiger partial charge in [-0.1, -0.05) is 0 Å². The fraction of sp³-hybridized carbons (Fsp3) is 0.300. The average Bonchev–Trinajstić information content (AvgIpc) is 3.31. The summed E-state index contributed by atoms with van der Waals surface area (Å²) in [5, 5.41) is 8.53. The summed E-state index contributed by atoms with van der Waals surface area (Å²) in [6, 6.07) is 12.3. The number of H-pyrrole nitrogens is 2. The third-order valence-electron chi connectivity index (χ3n) is 5.33. The molecule has 0 aliphatic carbocycles. The standard InChI is InChI=1S/C20H22N6O/c1-25-7-9-26(10-8-25)13-3-5-17-18(11-13)22-20(21-17)19-15-12-14(27-2)4-6-16(15)23-24-19/h3-6,11-12H,7-10H2,1-2H3,(H,21,22)(H,23,24). The predicted octanol–water partition coefficient (Wildman–Crippen LogP) is 2.87. The second kappa shape index (κ2) is 6.28. The van der Waals surface area contributed by atoms with Crippen molar-refractivity contribution in [2.75, 3.05) is 45.2 Å². The third kappa shape index (κ3) is 2.80. The van der Waals surface area contributed by atoms with E-state index in [0.717, 1.165) is 65.4 Å². The first kappa shape index (κ1) is 16.1. The number of methoxy groups -OCH3 is 1. The molecular weight excluding hydrogens is 340 g/mol. The fourth-order valence-corrected chi connectivity index (χ4v) is 3.67. The van der Waals surface area contributed by atoms with E-state index in [4.69, 9.17) is 9.72 Å². The molecular formula is C20H22N6O. The molecule has 27 heavy (non-hydrogen) atoms. The molecule has 1 aliphatic rings. The number of rotatable bonds is 3. The lowest BCUT2D eigenvalue weighted by atomic mass is 10.2. The van der Waals surface area contributed by atoms with Crippen LogP contribution in [0.4, 0.5) is 5.69 Å². The van der Waals surface area contributed by atoms with Gasteiger partial charge in [-0.25, -0.2) is 4.98 Å². The van der Waals surface area contributed by atoms with Gasteiger partial charge >= 0.3 is 0 Å². The van der Waals surface area contributed by atoms with Crippen LogP contribution in [0.1, 0.15) is 0 Å². The number of nitrogens with one attached hydrogen (secondary N) is 2. The molecule has 4 aromatic rings. The van der Waals surface area contributed by atoms with E-state index < -0.39 is 0 Å². The molecule has 5 rings (SSSR count). The van der Waals surface area contributed by atoms with E-state index in [1.165, 1.54) is 5.69 Å². The molecule has 0 spiro atoms. The van der Waals surface area contributed by atoms with Gasteiger partial charge in [0.25, 0.3) is 0 Å². The van der Waals surface area contributed by atoms with Crippen LogP contribution >= 0.6 is 0 Å². The molecule has 0 bridgehead atoms. The van der Waals surface area contributed by atoms with E-state index >= 15 is 0 Å². The van der Waals surface area contributed by atoms with Gasteiger partial charge in [-0.2, -0.15) is 5.10 Å². The van der Waals surface area contributed by atoms with Crippen LogP contribution in [0.5, 0.6) is 5.75 Å². The predicted molar refractivity (Wildman–Crippen MR) is 107 cm³/mol. The highest BCUT2D eigenvalue weighted by Gasteiger charge is 2.17. The van der Waals surface area contributed by atoms with Gasteiger partial charge in [-0.05, 0) is 43.4 Å². The van der Waals surface area contributed by atoms with Crippen LogP contribution in [0.3, 0.4) is 0 Å². The van der Waals surface area contributed by atoms with Gasteiger partial charge in [0.1, 0.15) is 11.4 Å². The van der Waals surface area contributed by atoms with Crippen molar-refractivity contribution >= 4 is 27.6 Å². The highest BCUT2D eigenvalue weighted by molar-refractivity contribution is 5.94. The van der Waals surface area contributed by atoms with Crippen molar-refractivity contribution in [3.63, 3.8) is 0 Å². The minimum absolute atomic E-state index is 0.764.